The van der Waals surface area contributed by atoms with Gasteiger partial charge in [0, 0.05) is 41.9 Å². The predicted octanol–water partition coefficient (Wildman–Crippen LogP) is 1.53. The Kier molecular flexibility index (Phi) is 2.02. The van der Waals surface area contributed by atoms with Crippen LogP contribution < -0.4 is 0 Å². The van der Waals surface area contributed by atoms with Crippen molar-refractivity contribution >= 4 is 22.9 Å². The zero-order chi connectivity index (χ0) is 6.15. The first-order valence-corrected chi connectivity index (χ1v) is 3.35. The van der Waals surface area contributed by atoms with Crippen LogP contribution in [0, 0.1) is 5.92 Å². The molecule has 1 saturated heterocycles. The molecular weight excluding hydrogens is 227 g/mol. The van der Waals surface area contributed by atoms with Crippen molar-refractivity contribution in [3.05, 3.63) is 0 Å². The molecule has 1 heterocycles. The molecule has 8 heavy (non-hydrogen) atoms. The van der Waals surface area contributed by atoms with Gasteiger partial charge in [-0.15, -0.1) is 0 Å². The van der Waals surface area contributed by atoms with Crippen LogP contribution in [-0.2, 0) is 0 Å². The molecule has 0 saturated carbocycles. The van der Waals surface area contributed by atoms with Crippen molar-refractivity contribution in [3.8, 4) is 0 Å². The Morgan fingerprint density at radius 2 is 2.00 bits per heavy atom. The van der Waals surface area contributed by atoms with E-state index in [1.54, 1.807) is 0 Å². The molecule has 0 aromatic heterocycles. The van der Waals surface area contributed by atoms with Crippen molar-refractivity contribution < 1.29 is 8.78 Å². The summed E-state index contributed by atoms with van der Waals surface area (Å²) < 4.78 is 25.1. The standard InChI is InChI=1S/C4H6F2IN/c5-4(6)3-1-8(7)2-3/h3-4H,1-2H2. The molecule has 0 spiro atoms. The van der Waals surface area contributed by atoms with Crippen LogP contribution in [0.4, 0.5) is 8.78 Å². The molecule has 4 heteroatoms. The van der Waals surface area contributed by atoms with Gasteiger partial charge in [0.2, 0.25) is 6.43 Å². The van der Waals surface area contributed by atoms with Gasteiger partial charge in [0.1, 0.15) is 0 Å². The lowest BCUT2D eigenvalue weighted by atomic mass is 10.1. The van der Waals surface area contributed by atoms with Crippen molar-refractivity contribution in [2.75, 3.05) is 13.1 Å². The summed E-state index contributed by atoms with van der Waals surface area (Å²) in [6, 6.07) is 0. The minimum atomic E-state index is -2.11. The molecule has 1 fully saturated rings. The Morgan fingerprint density at radius 1 is 1.50 bits per heavy atom. The van der Waals surface area contributed by atoms with E-state index < -0.39 is 6.43 Å². The molecule has 0 amide bonds. The monoisotopic (exact) mass is 233 g/mol. The number of rotatable bonds is 1. The maximum atomic E-state index is 11.6. The SMILES string of the molecule is FC(F)C1CN(I)C1. The van der Waals surface area contributed by atoms with Crippen LogP contribution in [0.5, 0.6) is 0 Å². The summed E-state index contributed by atoms with van der Waals surface area (Å²) in [5.74, 6) is -0.355. The zero-order valence-corrected chi connectivity index (χ0v) is 6.31. The molecule has 0 unspecified atom stereocenters. The first-order valence-electron chi connectivity index (χ1n) is 2.39. The van der Waals surface area contributed by atoms with Gasteiger partial charge in [-0.1, -0.05) is 0 Å². The molecule has 0 aromatic rings. The van der Waals surface area contributed by atoms with Gasteiger partial charge < -0.3 is 0 Å². The summed E-state index contributed by atoms with van der Waals surface area (Å²) in [4.78, 5) is 0. The van der Waals surface area contributed by atoms with Crippen LogP contribution in [0.15, 0.2) is 0 Å². The second kappa shape index (κ2) is 2.43. The average Bonchev–Trinajstić information content (AvgIpc) is 1.57. The zero-order valence-electron chi connectivity index (χ0n) is 4.15. The average molecular weight is 233 g/mol. The third kappa shape index (κ3) is 1.28. The quantitative estimate of drug-likeness (QED) is 0.490. The highest BCUT2D eigenvalue weighted by atomic mass is 127. The number of hydrogen-bond donors (Lipinski definition) is 0. The normalized spacial score (nSPS) is 24.0. The van der Waals surface area contributed by atoms with Crippen LogP contribution in [-0.4, -0.2) is 22.6 Å². The second-order valence-electron chi connectivity index (χ2n) is 1.92. The molecule has 0 bridgehead atoms. The van der Waals surface area contributed by atoms with E-state index in [1.807, 2.05) is 26.0 Å². The fourth-order valence-corrected chi connectivity index (χ4v) is 1.63. The third-order valence-electron chi connectivity index (χ3n) is 1.22. The maximum Gasteiger partial charge on any atom is 0.243 e. The van der Waals surface area contributed by atoms with Crippen LogP contribution in [0.25, 0.3) is 0 Å². The predicted molar refractivity (Wildman–Crippen MR) is 35.1 cm³/mol. The largest absolute Gasteiger partial charge is 0.246 e. The summed E-state index contributed by atoms with van der Waals surface area (Å²) in [6.07, 6.45) is -2.11. The Morgan fingerprint density at radius 3 is 2.12 bits per heavy atom. The summed E-state index contributed by atoms with van der Waals surface area (Å²) in [5.41, 5.74) is 0. The van der Waals surface area contributed by atoms with E-state index in [-0.39, 0.29) is 5.92 Å². The molecule has 1 nitrogen and oxygen atoms in total. The highest BCUT2D eigenvalue weighted by Gasteiger charge is 2.32. The third-order valence-corrected chi connectivity index (χ3v) is 2.01. The Bertz CT molecular complexity index is 82.1. The van der Waals surface area contributed by atoms with Crippen molar-refractivity contribution in [2.45, 2.75) is 6.43 Å². The first-order chi connectivity index (χ1) is 3.70. The molecule has 1 aliphatic rings. The van der Waals surface area contributed by atoms with Crippen molar-refractivity contribution in [1.29, 1.82) is 0 Å². The molecule has 0 aliphatic carbocycles. The van der Waals surface area contributed by atoms with E-state index >= 15 is 0 Å². The summed E-state index contributed by atoms with van der Waals surface area (Å²) >= 11 is 2.04. The smallest absolute Gasteiger partial charge is 0.243 e. The van der Waals surface area contributed by atoms with Gasteiger partial charge >= 0.3 is 0 Å². The molecule has 48 valence electrons. The summed E-state index contributed by atoms with van der Waals surface area (Å²) in [6.45, 7) is 1.11. The topological polar surface area (TPSA) is 3.24 Å². The molecule has 1 aliphatic heterocycles. The minimum absolute atomic E-state index is 0.355. The lowest BCUT2D eigenvalue weighted by Crippen LogP contribution is -2.43. The Hall–Kier alpha value is 0.550. The number of alkyl halides is 2. The van der Waals surface area contributed by atoms with E-state index in [9.17, 15) is 8.78 Å². The first kappa shape index (κ1) is 6.67. The van der Waals surface area contributed by atoms with E-state index in [2.05, 4.69) is 0 Å². The lowest BCUT2D eigenvalue weighted by molar-refractivity contribution is 0.0227. The minimum Gasteiger partial charge on any atom is -0.246 e. The van der Waals surface area contributed by atoms with Crippen molar-refractivity contribution in [1.82, 2.24) is 3.11 Å². The Labute approximate surface area is 60.5 Å². The molecule has 0 aromatic carbocycles. The van der Waals surface area contributed by atoms with Crippen LogP contribution in [0.2, 0.25) is 0 Å². The molecular formula is C4H6F2IN. The van der Waals surface area contributed by atoms with Gasteiger partial charge in [0.25, 0.3) is 0 Å². The van der Waals surface area contributed by atoms with Gasteiger partial charge in [0.15, 0.2) is 0 Å². The maximum absolute atomic E-state index is 11.6. The van der Waals surface area contributed by atoms with Gasteiger partial charge in [-0.25, -0.2) is 11.9 Å². The summed E-state index contributed by atoms with van der Waals surface area (Å²) in [7, 11) is 0. The molecule has 0 radical (unpaired) electrons. The van der Waals surface area contributed by atoms with Crippen LogP contribution in [0.1, 0.15) is 0 Å². The van der Waals surface area contributed by atoms with Crippen LogP contribution >= 0.6 is 22.9 Å². The van der Waals surface area contributed by atoms with E-state index in [0.29, 0.717) is 13.1 Å². The number of hydrogen-bond acceptors (Lipinski definition) is 1. The van der Waals surface area contributed by atoms with Gasteiger partial charge in [0.05, 0.1) is 0 Å². The highest BCUT2D eigenvalue weighted by molar-refractivity contribution is 14.1. The van der Waals surface area contributed by atoms with Gasteiger partial charge in [-0.2, -0.15) is 0 Å². The van der Waals surface area contributed by atoms with Crippen molar-refractivity contribution in [2.24, 2.45) is 5.92 Å². The van der Waals surface area contributed by atoms with E-state index in [0.717, 1.165) is 0 Å². The van der Waals surface area contributed by atoms with Crippen LogP contribution in [0.3, 0.4) is 0 Å². The lowest BCUT2D eigenvalue weighted by Gasteiger charge is -2.33. The van der Waals surface area contributed by atoms with Gasteiger partial charge in [-0.3, -0.25) is 0 Å². The Balaban J connectivity index is 2.15. The summed E-state index contributed by atoms with van der Waals surface area (Å²) in [5, 5.41) is 0. The molecule has 0 N–H and O–H groups in total. The van der Waals surface area contributed by atoms with E-state index in [1.165, 1.54) is 0 Å². The van der Waals surface area contributed by atoms with Gasteiger partial charge in [-0.05, 0) is 0 Å². The number of nitrogens with zero attached hydrogens (tertiary/aromatic N) is 1. The van der Waals surface area contributed by atoms with E-state index in [4.69, 9.17) is 0 Å². The fraction of sp³-hybridized carbons (Fsp3) is 1.00. The number of halogens is 3. The second-order valence-corrected chi connectivity index (χ2v) is 3.29. The molecule has 1 rings (SSSR count). The highest BCUT2D eigenvalue weighted by Crippen LogP contribution is 2.24. The fourth-order valence-electron chi connectivity index (χ4n) is 0.615. The molecule has 0 atom stereocenters. The van der Waals surface area contributed by atoms with Crippen molar-refractivity contribution in [3.63, 3.8) is 0 Å².